The first kappa shape index (κ1) is 10.2. The molecule has 0 atom stereocenters. The van der Waals surface area contributed by atoms with Crippen LogP contribution >= 0.6 is 31.9 Å². The minimum absolute atomic E-state index is 0.748. The van der Waals surface area contributed by atoms with Crippen LogP contribution in [0.15, 0.2) is 39.3 Å². The maximum atomic E-state index is 5.86. The molecule has 3 rings (SSSR count). The van der Waals surface area contributed by atoms with E-state index in [0.29, 0.717) is 0 Å². The van der Waals surface area contributed by atoms with Gasteiger partial charge in [0.2, 0.25) is 0 Å². The first-order chi connectivity index (χ1) is 7.65. The fourth-order valence-corrected chi connectivity index (χ4v) is 2.61. The van der Waals surface area contributed by atoms with Gasteiger partial charge in [-0.1, -0.05) is 15.9 Å². The van der Waals surface area contributed by atoms with Gasteiger partial charge in [0.15, 0.2) is 0 Å². The summed E-state index contributed by atoms with van der Waals surface area (Å²) in [7, 11) is 0. The topological polar surface area (TPSA) is 41.8 Å². The molecular weight excluding hydrogens is 332 g/mol. The molecule has 0 aliphatic rings. The third-order valence-electron chi connectivity index (χ3n) is 2.68. The van der Waals surface area contributed by atoms with Gasteiger partial charge in [-0.25, -0.2) is 0 Å². The molecule has 3 N–H and O–H groups in total. The van der Waals surface area contributed by atoms with Crippen molar-refractivity contribution in [3.8, 4) is 0 Å². The van der Waals surface area contributed by atoms with Crippen molar-refractivity contribution in [2.24, 2.45) is 0 Å². The van der Waals surface area contributed by atoms with Gasteiger partial charge in [0.05, 0.1) is 0 Å². The number of hydrogen-bond acceptors (Lipinski definition) is 1. The van der Waals surface area contributed by atoms with Crippen molar-refractivity contribution < 1.29 is 0 Å². The van der Waals surface area contributed by atoms with E-state index in [1.54, 1.807) is 0 Å². The summed E-state index contributed by atoms with van der Waals surface area (Å²) < 4.78 is 2.01. The number of aromatic amines is 1. The molecule has 2 nitrogen and oxygen atoms in total. The Morgan fingerprint density at radius 2 is 1.69 bits per heavy atom. The number of nitrogens with two attached hydrogens (primary N) is 1. The lowest BCUT2D eigenvalue weighted by molar-refractivity contribution is 1.54. The molecule has 80 valence electrons. The molecule has 0 spiro atoms. The minimum Gasteiger partial charge on any atom is -0.398 e. The molecule has 0 aliphatic heterocycles. The lowest BCUT2D eigenvalue weighted by Crippen LogP contribution is -1.85. The van der Waals surface area contributed by atoms with Gasteiger partial charge in [0.1, 0.15) is 0 Å². The van der Waals surface area contributed by atoms with Gasteiger partial charge >= 0.3 is 0 Å². The highest BCUT2D eigenvalue weighted by molar-refractivity contribution is 9.10. The van der Waals surface area contributed by atoms with Crippen LogP contribution in [0, 0.1) is 0 Å². The molecule has 1 heterocycles. The van der Waals surface area contributed by atoms with Crippen molar-refractivity contribution in [1.82, 2.24) is 4.98 Å². The minimum atomic E-state index is 0.748. The summed E-state index contributed by atoms with van der Waals surface area (Å²) in [6.07, 6.45) is 0. The van der Waals surface area contributed by atoms with Crippen LogP contribution in [0.5, 0.6) is 0 Å². The molecule has 0 saturated carbocycles. The predicted molar refractivity (Wildman–Crippen MR) is 75.6 cm³/mol. The number of nitrogen functional groups attached to an aromatic ring is 1. The summed E-state index contributed by atoms with van der Waals surface area (Å²) in [6.45, 7) is 0. The molecule has 1 aromatic heterocycles. The number of H-pyrrole nitrogens is 1. The van der Waals surface area contributed by atoms with E-state index in [1.165, 1.54) is 10.8 Å². The van der Waals surface area contributed by atoms with Gasteiger partial charge in [0.25, 0.3) is 0 Å². The SMILES string of the molecule is Nc1cc2[nH]c3ccc(Br)cc3c2cc1Br. The standard InChI is InChI=1S/C12H8Br2N2/c13-6-1-2-11-7(3-6)8-4-9(14)10(15)5-12(8)16-11/h1-5,16H,15H2. The molecule has 2 aromatic carbocycles. The van der Waals surface area contributed by atoms with E-state index in [9.17, 15) is 0 Å². The average molecular weight is 340 g/mol. The maximum absolute atomic E-state index is 5.86. The highest BCUT2D eigenvalue weighted by Gasteiger charge is 2.07. The Hall–Kier alpha value is -1.00. The average Bonchev–Trinajstić information content (AvgIpc) is 2.57. The third kappa shape index (κ3) is 1.44. The van der Waals surface area contributed by atoms with Gasteiger partial charge in [0, 0.05) is 36.4 Å². The zero-order valence-corrected chi connectivity index (χ0v) is 11.4. The number of aromatic nitrogens is 1. The van der Waals surface area contributed by atoms with E-state index in [2.05, 4.69) is 55.0 Å². The highest BCUT2D eigenvalue weighted by atomic mass is 79.9. The lowest BCUT2D eigenvalue weighted by atomic mass is 10.1. The van der Waals surface area contributed by atoms with Crippen molar-refractivity contribution in [1.29, 1.82) is 0 Å². The first-order valence-corrected chi connectivity index (χ1v) is 6.40. The summed E-state index contributed by atoms with van der Waals surface area (Å²) in [4.78, 5) is 3.35. The Kier molecular flexibility index (Phi) is 2.23. The van der Waals surface area contributed by atoms with Gasteiger partial charge in [-0.2, -0.15) is 0 Å². The first-order valence-electron chi connectivity index (χ1n) is 4.81. The van der Waals surface area contributed by atoms with Crippen LogP contribution in [0.3, 0.4) is 0 Å². The van der Waals surface area contributed by atoms with E-state index >= 15 is 0 Å². The number of anilines is 1. The smallest absolute Gasteiger partial charge is 0.0486 e. The van der Waals surface area contributed by atoms with Crippen LogP contribution in [0.1, 0.15) is 0 Å². The third-order valence-corrected chi connectivity index (χ3v) is 3.86. The Labute approximate surface area is 109 Å². The normalized spacial score (nSPS) is 11.4. The van der Waals surface area contributed by atoms with Gasteiger partial charge in [-0.15, -0.1) is 0 Å². The number of benzene rings is 2. The number of fused-ring (bicyclic) bond motifs is 3. The molecule has 0 unspecified atom stereocenters. The van der Waals surface area contributed by atoms with E-state index in [1.807, 2.05) is 12.1 Å². The molecule has 3 aromatic rings. The summed E-state index contributed by atoms with van der Waals surface area (Å²) >= 11 is 6.94. The molecule has 0 radical (unpaired) electrons. The monoisotopic (exact) mass is 338 g/mol. The quantitative estimate of drug-likeness (QED) is 0.584. The largest absolute Gasteiger partial charge is 0.398 e. The second kappa shape index (κ2) is 3.50. The highest BCUT2D eigenvalue weighted by Crippen LogP contribution is 2.32. The maximum Gasteiger partial charge on any atom is 0.0486 e. The van der Waals surface area contributed by atoms with Gasteiger partial charge < -0.3 is 10.7 Å². The summed E-state index contributed by atoms with van der Waals surface area (Å²) in [5, 5.41) is 2.38. The second-order valence-electron chi connectivity index (χ2n) is 3.73. The van der Waals surface area contributed by atoms with Crippen LogP contribution in [-0.2, 0) is 0 Å². The molecule has 0 fully saturated rings. The summed E-state index contributed by atoms with van der Waals surface area (Å²) in [5.41, 5.74) is 8.79. The van der Waals surface area contributed by atoms with Crippen LogP contribution in [0.25, 0.3) is 21.8 Å². The van der Waals surface area contributed by atoms with Crippen LogP contribution in [0.2, 0.25) is 0 Å². The number of rotatable bonds is 0. The van der Waals surface area contributed by atoms with Crippen LogP contribution in [-0.4, -0.2) is 4.98 Å². The Morgan fingerprint density at radius 1 is 0.938 bits per heavy atom. The van der Waals surface area contributed by atoms with E-state index < -0.39 is 0 Å². The number of nitrogens with one attached hydrogen (secondary N) is 1. The Morgan fingerprint density at radius 3 is 2.50 bits per heavy atom. The van der Waals surface area contributed by atoms with Crippen molar-refractivity contribution in [3.63, 3.8) is 0 Å². The Bertz CT molecular complexity index is 701. The van der Waals surface area contributed by atoms with Crippen molar-refractivity contribution >= 4 is 59.4 Å². The fraction of sp³-hybridized carbons (Fsp3) is 0. The molecule has 0 saturated heterocycles. The van der Waals surface area contributed by atoms with Gasteiger partial charge in [-0.05, 0) is 46.3 Å². The fourth-order valence-electron chi connectivity index (χ4n) is 1.91. The predicted octanol–water partition coefficient (Wildman–Crippen LogP) is 4.43. The molecule has 16 heavy (non-hydrogen) atoms. The van der Waals surface area contributed by atoms with Crippen LogP contribution < -0.4 is 5.73 Å². The molecular formula is C12H8Br2N2. The summed E-state index contributed by atoms with van der Waals surface area (Å²) in [6, 6.07) is 10.2. The van der Waals surface area contributed by atoms with Crippen LogP contribution in [0.4, 0.5) is 5.69 Å². The van der Waals surface area contributed by atoms with E-state index in [-0.39, 0.29) is 0 Å². The van der Waals surface area contributed by atoms with Crippen molar-refractivity contribution in [2.75, 3.05) is 5.73 Å². The summed E-state index contributed by atoms with van der Waals surface area (Å²) in [5.74, 6) is 0. The van der Waals surface area contributed by atoms with E-state index in [4.69, 9.17) is 5.73 Å². The number of halogens is 2. The molecule has 0 amide bonds. The van der Waals surface area contributed by atoms with Crippen molar-refractivity contribution in [3.05, 3.63) is 39.3 Å². The lowest BCUT2D eigenvalue weighted by Gasteiger charge is -1.98. The number of hydrogen-bond donors (Lipinski definition) is 2. The molecule has 0 bridgehead atoms. The molecule has 0 aliphatic carbocycles. The van der Waals surface area contributed by atoms with Crippen molar-refractivity contribution in [2.45, 2.75) is 0 Å². The van der Waals surface area contributed by atoms with Gasteiger partial charge in [-0.3, -0.25) is 0 Å². The van der Waals surface area contributed by atoms with E-state index in [0.717, 1.165) is 25.7 Å². The zero-order valence-electron chi connectivity index (χ0n) is 8.22. The second-order valence-corrected chi connectivity index (χ2v) is 5.50. The molecule has 4 heteroatoms. The Balaban J connectivity index is 2.53. The zero-order chi connectivity index (χ0) is 11.3.